The summed E-state index contributed by atoms with van der Waals surface area (Å²) in [6.07, 6.45) is 0.950. The zero-order valence-corrected chi connectivity index (χ0v) is 15.0. The molecule has 1 fully saturated rings. The van der Waals surface area contributed by atoms with Crippen molar-refractivity contribution in [1.82, 2.24) is 4.90 Å². The van der Waals surface area contributed by atoms with E-state index in [0.29, 0.717) is 6.61 Å². The largest absolute Gasteiger partial charge is 0.494 e. The SMILES string of the molecule is CCOB(OC(C)(C)CC)c1ccc(CN2CCOCC2)cc1. The zero-order chi connectivity index (χ0) is 16.7. The third-order valence-corrected chi connectivity index (χ3v) is 4.36. The summed E-state index contributed by atoms with van der Waals surface area (Å²) >= 11 is 0. The number of hydrogen-bond acceptors (Lipinski definition) is 4. The number of benzene rings is 1. The van der Waals surface area contributed by atoms with Gasteiger partial charge in [0.25, 0.3) is 0 Å². The van der Waals surface area contributed by atoms with E-state index in [1.165, 1.54) is 5.56 Å². The topological polar surface area (TPSA) is 30.9 Å². The summed E-state index contributed by atoms with van der Waals surface area (Å²) in [5, 5.41) is 0. The molecule has 1 heterocycles. The predicted molar refractivity (Wildman–Crippen MR) is 95.0 cm³/mol. The molecular weight excluding hydrogens is 289 g/mol. The maximum atomic E-state index is 6.15. The summed E-state index contributed by atoms with van der Waals surface area (Å²) in [7, 11) is -0.299. The van der Waals surface area contributed by atoms with E-state index in [4.69, 9.17) is 14.0 Å². The Morgan fingerprint density at radius 1 is 1.13 bits per heavy atom. The summed E-state index contributed by atoms with van der Waals surface area (Å²) in [5.41, 5.74) is 2.21. The molecule has 23 heavy (non-hydrogen) atoms. The molecule has 5 heteroatoms. The van der Waals surface area contributed by atoms with Crippen LogP contribution >= 0.6 is 0 Å². The molecule has 1 aliphatic rings. The molecule has 0 bridgehead atoms. The van der Waals surface area contributed by atoms with Crippen LogP contribution in [-0.4, -0.2) is 50.5 Å². The Balaban J connectivity index is 1.99. The van der Waals surface area contributed by atoms with Gasteiger partial charge in [0.15, 0.2) is 0 Å². The lowest BCUT2D eigenvalue weighted by atomic mass is 9.77. The van der Waals surface area contributed by atoms with Crippen LogP contribution in [0.2, 0.25) is 0 Å². The summed E-state index contributed by atoms with van der Waals surface area (Å²) in [6.45, 7) is 13.7. The summed E-state index contributed by atoms with van der Waals surface area (Å²) in [5.74, 6) is 0. The molecule has 1 aliphatic heterocycles. The molecule has 0 amide bonds. The van der Waals surface area contributed by atoms with Gasteiger partial charge >= 0.3 is 7.12 Å². The Bertz CT molecular complexity index is 458. The van der Waals surface area contributed by atoms with Crippen LogP contribution in [0, 0.1) is 0 Å². The van der Waals surface area contributed by atoms with Gasteiger partial charge in [0.2, 0.25) is 0 Å². The van der Waals surface area contributed by atoms with Gasteiger partial charge in [-0.1, -0.05) is 31.2 Å². The zero-order valence-electron chi connectivity index (χ0n) is 15.0. The average Bonchev–Trinajstić information content (AvgIpc) is 2.56. The Hall–Kier alpha value is -0.875. The fraction of sp³-hybridized carbons (Fsp3) is 0.667. The Kier molecular flexibility index (Phi) is 7.09. The summed E-state index contributed by atoms with van der Waals surface area (Å²) < 4.78 is 17.4. The first kappa shape index (κ1) is 18.5. The number of hydrogen-bond donors (Lipinski definition) is 0. The minimum absolute atomic E-state index is 0.188. The Labute approximate surface area is 141 Å². The van der Waals surface area contributed by atoms with E-state index in [1.807, 2.05) is 6.92 Å². The van der Waals surface area contributed by atoms with E-state index in [1.54, 1.807) is 0 Å². The smallest absolute Gasteiger partial charge is 0.408 e. The van der Waals surface area contributed by atoms with Crippen LogP contribution < -0.4 is 5.46 Å². The van der Waals surface area contributed by atoms with E-state index in [-0.39, 0.29) is 12.7 Å². The molecule has 0 atom stereocenters. The van der Waals surface area contributed by atoms with E-state index in [0.717, 1.165) is 44.7 Å². The fourth-order valence-electron chi connectivity index (χ4n) is 2.52. The predicted octanol–water partition coefficient (Wildman–Crippen LogP) is 2.46. The average molecular weight is 319 g/mol. The first-order chi connectivity index (χ1) is 11.0. The third-order valence-electron chi connectivity index (χ3n) is 4.36. The van der Waals surface area contributed by atoms with E-state index < -0.39 is 0 Å². The van der Waals surface area contributed by atoms with Crippen molar-refractivity contribution in [2.45, 2.75) is 46.3 Å². The molecule has 4 nitrogen and oxygen atoms in total. The second-order valence-corrected chi connectivity index (χ2v) is 6.65. The van der Waals surface area contributed by atoms with Crippen LogP contribution in [0.25, 0.3) is 0 Å². The van der Waals surface area contributed by atoms with Gasteiger partial charge in [0.05, 0.1) is 13.2 Å². The Morgan fingerprint density at radius 3 is 2.35 bits per heavy atom. The van der Waals surface area contributed by atoms with E-state index in [2.05, 4.69) is 49.9 Å². The van der Waals surface area contributed by atoms with Gasteiger partial charge in [-0.05, 0) is 38.2 Å². The monoisotopic (exact) mass is 319 g/mol. The van der Waals surface area contributed by atoms with Crippen LogP contribution in [-0.2, 0) is 20.6 Å². The van der Waals surface area contributed by atoms with Crippen molar-refractivity contribution in [1.29, 1.82) is 0 Å². The summed E-state index contributed by atoms with van der Waals surface area (Å²) in [6, 6.07) is 8.61. The molecule has 0 spiro atoms. The molecule has 128 valence electrons. The highest BCUT2D eigenvalue weighted by molar-refractivity contribution is 6.61. The second-order valence-electron chi connectivity index (χ2n) is 6.65. The van der Waals surface area contributed by atoms with Crippen LogP contribution in [0.5, 0.6) is 0 Å². The van der Waals surface area contributed by atoms with Crippen molar-refractivity contribution >= 4 is 12.6 Å². The minimum atomic E-state index is -0.299. The Morgan fingerprint density at radius 2 is 1.78 bits per heavy atom. The van der Waals surface area contributed by atoms with Gasteiger partial charge in [-0.15, -0.1) is 0 Å². The lowest BCUT2D eigenvalue weighted by Crippen LogP contribution is -2.43. The van der Waals surface area contributed by atoms with Gasteiger partial charge in [-0.25, -0.2) is 0 Å². The van der Waals surface area contributed by atoms with Crippen LogP contribution in [0.15, 0.2) is 24.3 Å². The molecule has 0 aliphatic carbocycles. The van der Waals surface area contributed by atoms with Crippen molar-refractivity contribution in [2.75, 3.05) is 32.9 Å². The lowest BCUT2D eigenvalue weighted by molar-refractivity contribution is 0.0342. The number of morpholine rings is 1. The molecule has 0 saturated carbocycles. The maximum absolute atomic E-state index is 6.15. The number of rotatable bonds is 8. The molecule has 0 radical (unpaired) electrons. The molecule has 0 aromatic heterocycles. The highest BCUT2D eigenvalue weighted by Crippen LogP contribution is 2.16. The fourth-order valence-corrected chi connectivity index (χ4v) is 2.52. The second kappa shape index (κ2) is 8.83. The highest BCUT2D eigenvalue weighted by Gasteiger charge is 2.28. The molecule has 1 saturated heterocycles. The first-order valence-corrected chi connectivity index (χ1v) is 8.72. The highest BCUT2D eigenvalue weighted by atomic mass is 16.6. The van der Waals surface area contributed by atoms with Crippen molar-refractivity contribution in [3.63, 3.8) is 0 Å². The van der Waals surface area contributed by atoms with Crippen molar-refractivity contribution < 1.29 is 14.0 Å². The van der Waals surface area contributed by atoms with E-state index in [9.17, 15) is 0 Å². The van der Waals surface area contributed by atoms with Crippen molar-refractivity contribution in [3.8, 4) is 0 Å². The first-order valence-electron chi connectivity index (χ1n) is 8.72. The van der Waals surface area contributed by atoms with Gasteiger partial charge in [-0.2, -0.15) is 0 Å². The number of nitrogens with zero attached hydrogens (tertiary/aromatic N) is 1. The molecule has 0 N–H and O–H groups in total. The maximum Gasteiger partial charge on any atom is 0.494 e. The molecule has 1 aromatic carbocycles. The van der Waals surface area contributed by atoms with Crippen LogP contribution in [0.4, 0.5) is 0 Å². The lowest BCUT2D eigenvalue weighted by Gasteiger charge is -2.28. The van der Waals surface area contributed by atoms with Gasteiger partial charge in [0, 0.05) is 31.8 Å². The van der Waals surface area contributed by atoms with E-state index >= 15 is 0 Å². The third kappa shape index (κ3) is 5.92. The minimum Gasteiger partial charge on any atom is -0.408 e. The molecule has 0 unspecified atom stereocenters. The molecule has 1 aromatic rings. The summed E-state index contributed by atoms with van der Waals surface area (Å²) in [4.78, 5) is 2.43. The van der Waals surface area contributed by atoms with Crippen LogP contribution in [0.1, 0.15) is 39.7 Å². The number of ether oxygens (including phenoxy) is 1. The van der Waals surface area contributed by atoms with Crippen LogP contribution in [0.3, 0.4) is 0 Å². The van der Waals surface area contributed by atoms with Gasteiger partial charge < -0.3 is 14.0 Å². The molecular formula is C18H30BNO3. The van der Waals surface area contributed by atoms with Crippen molar-refractivity contribution in [2.24, 2.45) is 0 Å². The van der Waals surface area contributed by atoms with Gasteiger partial charge in [0.1, 0.15) is 0 Å². The van der Waals surface area contributed by atoms with Crippen molar-refractivity contribution in [3.05, 3.63) is 29.8 Å². The standard InChI is InChI=1S/C18H30BNO3/c1-5-18(3,4)23-19(22-6-2)17-9-7-16(8-10-17)15-20-11-13-21-14-12-20/h7-10H,5-6,11-15H2,1-4H3. The molecule has 2 rings (SSSR count). The quantitative estimate of drug-likeness (QED) is 0.689. The van der Waals surface area contributed by atoms with Gasteiger partial charge in [-0.3, -0.25) is 4.90 Å². The normalized spacial score (nSPS) is 16.5.